The zero-order valence-corrected chi connectivity index (χ0v) is 7.07. The Balaban J connectivity index is 2.18. The van der Waals surface area contributed by atoms with Crippen LogP contribution in [0.4, 0.5) is 0 Å². The molecule has 3 nitrogen and oxygen atoms in total. The topological polar surface area (TPSA) is 46.0 Å². The monoisotopic (exact) mass is 164 g/mol. The first kappa shape index (κ1) is 7.68. The molecule has 1 heterocycles. The van der Waals surface area contributed by atoms with E-state index in [4.69, 9.17) is 5.11 Å². The molecule has 12 heavy (non-hydrogen) atoms. The quantitative estimate of drug-likeness (QED) is 0.674. The maximum atomic E-state index is 9.12. The van der Waals surface area contributed by atoms with Crippen LogP contribution in [0, 0.1) is 6.92 Å². The summed E-state index contributed by atoms with van der Waals surface area (Å²) >= 11 is 0. The molecule has 0 spiro atoms. The average Bonchev–Trinajstić information content (AvgIpc) is 2.01. The first-order valence-corrected chi connectivity index (χ1v) is 4.23. The fraction of sp³-hybridized carbons (Fsp3) is 0.556. The molecule has 3 heteroatoms. The number of aromatic nitrogens is 2. The second kappa shape index (κ2) is 2.83. The number of hydrogen-bond donors (Lipinski definition) is 1. The van der Waals surface area contributed by atoms with Crippen LogP contribution in [0.1, 0.15) is 30.1 Å². The average molecular weight is 164 g/mol. The summed E-state index contributed by atoms with van der Waals surface area (Å²) in [7, 11) is 0. The van der Waals surface area contributed by atoms with Crippen LogP contribution in [-0.4, -0.2) is 21.2 Å². The normalized spacial score (nSPS) is 28.2. The van der Waals surface area contributed by atoms with E-state index in [0.717, 1.165) is 24.2 Å². The minimum absolute atomic E-state index is 0.114. The largest absolute Gasteiger partial charge is 0.393 e. The van der Waals surface area contributed by atoms with Crippen molar-refractivity contribution in [3.05, 3.63) is 23.8 Å². The molecule has 1 aromatic heterocycles. The van der Waals surface area contributed by atoms with E-state index in [1.54, 1.807) is 12.4 Å². The van der Waals surface area contributed by atoms with Crippen LogP contribution in [0.2, 0.25) is 0 Å². The summed E-state index contributed by atoms with van der Waals surface area (Å²) in [6.45, 7) is 1.97. The minimum atomic E-state index is -0.114. The maximum absolute atomic E-state index is 9.12. The highest BCUT2D eigenvalue weighted by atomic mass is 16.3. The van der Waals surface area contributed by atoms with Gasteiger partial charge in [0.25, 0.3) is 0 Å². The smallest absolute Gasteiger partial charge is 0.0648 e. The predicted octanol–water partition coefficient (Wildman–Crippen LogP) is 1.02. The van der Waals surface area contributed by atoms with Gasteiger partial charge in [0.1, 0.15) is 0 Å². The molecule has 1 aliphatic rings. The van der Waals surface area contributed by atoms with Crippen LogP contribution >= 0.6 is 0 Å². The molecule has 1 aromatic rings. The summed E-state index contributed by atoms with van der Waals surface area (Å²) in [5, 5.41) is 9.12. The van der Waals surface area contributed by atoms with Crippen LogP contribution in [0.15, 0.2) is 12.4 Å². The Morgan fingerprint density at radius 3 is 2.58 bits per heavy atom. The number of nitrogens with zero attached hydrogens (tertiary/aromatic N) is 2. The third-order valence-corrected chi connectivity index (χ3v) is 2.42. The van der Waals surface area contributed by atoms with E-state index in [1.165, 1.54) is 0 Å². The number of aliphatic hydroxyl groups is 1. The van der Waals surface area contributed by atoms with E-state index >= 15 is 0 Å². The van der Waals surface area contributed by atoms with Crippen molar-refractivity contribution in [2.75, 3.05) is 0 Å². The Hall–Kier alpha value is -0.960. The first-order chi connectivity index (χ1) is 5.77. The fourth-order valence-electron chi connectivity index (χ4n) is 1.63. The van der Waals surface area contributed by atoms with Gasteiger partial charge in [-0.3, -0.25) is 9.97 Å². The second-order valence-electron chi connectivity index (χ2n) is 3.35. The molecule has 1 saturated carbocycles. The van der Waals surface area contributed by atoms with E-state index in [-0.39, 0.29) is 6.10 Å². The highest BCUT2D eigenvalue weighted by molar-refractivity contribution is 5.17. The van der Waals surface area contributed by atoms with Crippen molar-refractivity contribution >= 4 is 0 Å². The van der Waals surface area contributed by atoms with Crippen LogP contribution in [-0.2, 0) is 0 Å². The van der Waals surface area contributed by atoms with E-state index in [9.17, 15) is 0 Å². The SMILES string of the molecule is Cc1nccnc1C1CC(O)C1. The number of rotatable bonds is 1. The molecule has 0 aromatic carbocycles. The molecule has 0 aliphatic heterocycles. The van der Waals surface area contributed by atoms with Gasteiger partial charge in [0.15, 0.2) is 0 Å². The van der Waals surface area contributed by atoms with Crippen molar-refractivity contribution in [2.24, 2.45) is 0 Å². The van der Waals surface area contributed by atoms with Gasteiger partial charge in [0.2, 0.25) is 0 Å². The molecule has 0 amide bonds. The number of hydrogen-bond acceptors (Lipinski definition) is 3. The summed E-state index contributed by atoms with van der Waals surface area (Å²) in [6.07, 6.45) is 5.00. The Morgan fingerprint density at radius 1 is 1.33 bits per heavy atom. The molecule has 64 valence electrons. The molecule has 0 unspecified atom stereocenters. The lowest BCUT2D eigenvalue weighted by Gasteiger charge is -2.31. The van der Waals surface area contributed by atoms with Gasteiger partial charge >= 0.3 is 0 Å². The highest BCUT2D eigenvalue weighted by Crippen LogP contribution is 2.36. The molecular weight excluding hydrogens is 152 g/mol. The molecule has 2 rings (SSSR count). The van der Waals surface area contributed by atoms with Crippen LogP contribution < -0.4 is 0 Å². The summed E-state index contributed by atoms with van der Waals surface area (Å²) in [6, 6.07) is 0. The fourth-order valence-corrected chi connectivity index (χ4v) is 1.63. The predicted molar refractivity (Wildman–Crippen MR) is 44.8 cm³/mol. The van der Waals surface area contributed by atoms with Crippen molar-refractivity contribution in [3.63, 3.8) is 0 Å². The highest BCUT2D eigenvalue weighted by Gasteiger charge is 2.30. The lowest BCUT2D eigenvalue weighted by molar-refractivity contribution is 0.0728. The number of aliphatic hydroxyl groups excluding tert-OH is 1. The molecule has 0 saturated heterocycles. The van der Waals surface area contributed by atoms with Crippen molar-refractivity contribution in [2.45, 2.75) is 31.8 Å². The minimum Gasteiger partial charge on any atom is -0.393 e. The van der Waals surface area contributed by atoms with Gasteiger partial charge in [-0.2, -0.15) is 0 Å². The molecule has 1 fully saturated rings. The van der Waals surface area contributed by atoms with Gasteiger partial charge in [-0.05, 0) is 19.8 Å². The molecule has 1 N–H and O–H groups in total. The van der Waals surface area contributed by atoms with Crippen molar-refractivity contribution in [1.29, 1.82) is 0 Å². The van der Waals surface area contributed by atoms with Gasteiger partial charge in [0, 0.05) is 18.3 Å². The zero-order chi connectivity index (χ0) is 8.55. The lowest BCUT2D eigenvalue weighted by atomic mass is 9.79. The Kier molecular flexibility index (Phi) is 1.81. The van der Waals surface area contributed by atoms with Crippen LogP contribution in [0.3, 0.4) is 0 Å². The van der Waals surface area contributed by atoms with E-state index in [1.807, 2.05) is 6.92 Å². The van der Waals surface area contributed by atoms with Crippen molar-refractivity contribution in [3.8, 4) is 0 Å². The first-order valence-electron chi connectivity index (χ1n) is 4.23. The Morgan fingerprint density at radius 2 is 2.00 bits per heavy atom. The van der Waals surface area contributed by atoms with Gasteiger partial charge in [0.05, 0.1) is 17.5 Å². The van der Waals surface area contributed by atoms with Crippen LogP contribution in [0.5, 0.6) is 0 Å². The van der Waals surface area contributed by atoms with Crippen molar-refractivity contribution < 1.29 is 5.11 Å². The summed E-state index contributed by atoms with van der Waals surface area (Å²) in [5.74, 6) is 0.439. The molecule has 0 bridgehead atoms. The van der Waals surface area contributed by atoms with E-state index in [0.29, 0.717) is 5.92 Å². The van der Waals surface area contributed by atoms with Crippen molar-refractivity contribution in [1.82, 2.24) is 9.97 Å². The summed E-state index contributed by atoms with van der Waals surface area (Å²) < 4.78 is 0. The molecular formula is C9H12N2O. The molecule has 0 radical (unpaired) electrons. The summed E-state index contributed by atoms with van der Waals surface area (Å²) in [4.78, 5) is 8.42. The summed E-state index contributed by atoms with van der Waals surface area (Å²) in [5.41, 5.74) is 2.05. The zero-order valence-electron chi connectivity index (χ0n) is 7.07. The van der Waals surface area contributed by atoms with Gasteiger partial charge < -0.3 is 5.11 Å². The van der Waals surface area contributed by atoms with Crippen LogP contribution in [0.25, 0.3) is 0 Å². The maximum Gasteiger partial charge on any atom is 0.0648 e. The second-order valence-corrected chi connectivity index (χ2v) is 3.35. The standard InChI is InChI=1S/C9H12N2O/c1-6-9(11-3-2-10-6)7-4-8(12)5-7/h2-3,7-8,12H,4-5H2,1H3. The Labute approximate surface area is 71.5 Å². The van der Waals surface area contributed by atoms with E-state index < -0.39 is 0 Å². The van der Waals surface area contributed by atoms with Gasteiger partial charge in [-0.25, -0.2) is 0 Å². The number of aryl methyl sites for hydroxylation is 1. The van der Waals surface area contributed by atoms with Gasteiger partial charge in [-0.15, -0.1) is 0 Å². The molecule has 1 aliphatic carbocycles. The lowest BCUT2D eigenvalue weighted by Crippen LogP contribution is -2.27. The third-order valence-electron chi connectivity index (χ3n) is 2.42. The third kappa shape index (κ3) is 1.20. The Bertz CT molecular complexity index is 282. The van der Waals surface area contributed by atoms with E-state index in [2.05, 4.69) is 9.97 Å². The molecule has 0 atom stereocenters. The van der Waals surface area contributed by atoms with Gasteiger partial charge in [-0.1, -0.05) is 0 Å².